The van der Waals surface area contributed by atoms with E-state index in [0.717, 1.165) is 23.9 Å². The van der Waals surface area contributed by atoms with Crippen molar-refractivity contribution >= 4 is 52.4 Å². The third-order valence-electron chi connectivity index (χ3n) is 4.47. The number of ketones is 1. The molecule has 3 rings (SSSR count). The summed E-state index contributed by atoms with van der Waals surface area (Å²) in [5.41, 5.74) is 6.91. The summed E-state index contributed by atoms with van der Waals surface area (Å²) < 4.78 is 0. The minimum Gasteiger partial charge on any atom is -0.369 e. The van der Waals surface area contributed by atoms with E-state index in [1.807, 2.05) is 0 Å². The molecule has 0 spiro atoms. The molecule has 2 atom stereocenters. The predicted octanol–water partition coefficient (Wildman–Crippen LogP) is 3.85. The Morgan fingerprint density at radius 3 is 2.81 bits per heavy atom. The number of primary amides is 1. The first-order chi connectivity index (χ1) is 12.4. The molecule has 1 aromatic rings. The summed E-state index contributed by atoms with van der Waals surface area (Å²) in [4.78, 5) is 28.4. The van der Waals surface area contributed by atoms with Crippen LogP contribution >= 0.6 is 35.0 Å². The molecule has 0 bridgehead atoms. The summed E-state index contributed by atoms with van der Waals surface area (Å²) in [5, 5.41) is 10.9. The summed E-state index contributed by atoms with van der Waals surface area (Å²) in [6, 6.07) is 7.35. The molecule has 2 N–H and O–H groups in total. The van der Waals surface area contributed by atoms with Crippen molar-refractivity contribution in [3.05, 3.63) is 44.4 Å². The van der Waals surface area contributed by atoms with Gasteiger partial charge >= 0.3 is 0 Å². The largest absolute Gasteiger partial charge is 0.369 e. The first-order valence-corrected chi connectivity index (χ1v) is 9.77. The van der Waals surface area contributed by atoms with E-state index >= 15 is 0 Å². The topological polar surface area (TPSA) is 96.3 Å². The smallest absolute Gasteiger partial charge is 0.227 e. The van der Waals surface area contributed by atoms with Crippen LogP contribution in [-0.4, -0.2) is 23.2 Å². The van der Waals surface area contributed by atoms with Gasteiger partial charge in [-0.2, -0.15) is 5.26 Å². The predicted molar refractivity (Wildman–Crippen MR) is 103 cm³/mol. The van der Waals surface area contributed by atoms with E-state index in [0.29, 0.717) is 39.1 Å². The molecule has 1 fully saturated rings. The van der Waals surface area contributed by atoms with Crippen LogP contribution in [-0.2, 0) is 9.59 Å². The highest BCUT2D eigenvalue weighted by Gasteiger charge is 2.43. The lowest BCUT2D eigenvalue weighted by molar-refractivity contribution is -0.122. The number of carbonyl (C=O) groups is 2. The Balaban J connectivity index is 2.17. The quantitative estimate of drug-likeness (QED) is 0.818. The number of hydrogen-bond acceptors (Lipinski definition) is 5. The highest BCUT2D eigenvalue weighted by Crippen LogP contribution is 2.47. The number of aliphatic imine (C=N–C) groups is 1. The van der Waals surface area contributed by atoms with Crippen LogP contribution in [0, 0.1) is 17.2 Å². The van der Waals surface area contributed by atoms with Crippen LogP contribution in [0.3, 0.4) is 0 Å². The normalized spacial score (nSPS) is 22.5. The van der Waals surface area contributed by atoms with Crippen molar-refractivity contribution in [3.63, 3.8) is 0 Å². The van der Waals surface area contributed by atoms with E-state index in [9.17, 15) is 14.9 Å². The number of nitriles is 1. The van der Waals surface area contributed by atoms with E-state index in [2.05, 4.69) is 11.1 Å². The summed E-state index contributed by atoms with van der Waals surface area (Å²) >= 11 is 13.7. The molecule has 0 aromatic heterocycles. The number of allylic oxidation sites excluding steroid dienone is 1. The van der Waals surface area contributed by atoms with Crippen LogP contribution in [0.2, 0.25) is 10.0 Å². The molecule has 0 radical (unpaired) electrons. The molecule has 0 saturated heterocycles. The zero-order chi connectivity index (χ0) is 18.8. The molecule has 1 saturated carbocycles. The van der Waals surface area contributed by atoms with Gasteiger partial charge in [0, 0.05) is 18.1 Å². The maximum atomic E-state index is 12.7. The van der Waals surface area contributed by atoms with Gasteiger partial charge in [0.15, 0.2) is 0 Å². The van der Waals surface area contributed by atoms with Gasteiger partial charge in [-0.1, -0.05) is 47.1 Å². The average molecular weight is 408 g/mol. The summed E-state index contributed by atoms with van der Waals surface area (Å²) in [6.45, 7) is 0. The maximum Gasteiger partial charge on any atom is 0.227 e. The van der Waals surface area contributed by atoms with Crippen molar-refractivity contribution in [1.29, 1.82) is 5.26 Å². The third-order valence-corrected chi connectivity index (χ3v) is 6.32. The van der Waals surface area contributed by atoms with Crippen LogP contribution in [0.5, 0.6) is 0 Å². The van der Waals surface area contributed by atoms with E-state index in [1.165, 1.54) is 0 Å². The van der Waals surface area contributed by atoms with Gasteiger partial charge in [0.2, 0.25) is 5.91 Å². The molecule has 8 heteroatoms. The molecule has 1 aliphatic carbocycles. The second-order valence-electron chi connectivity index (χ2n) is 6.11. The second kappa shape index (κ2) is 7.83. The maximum absolute atomic E-state index is 12.7. The molecule has 1 aliphatic heterocycles. The van der Waals surface area contributed by atoms with Crippen LogP contribution in [0.4, 0.5) is 0 Å². The molecule has 0 unspecified atom stereocenters. The van der Waals surface area contributed by atoms with Crippen molar-refractivity contribution < 1.29 is 9.59 Å². The number of amides is 1. The molecular weight excluding hydrogens is 393 g/mol. The zero-order valence-electron chi connectivity index (χ0n) is 13.7. The van der Waals surface area contributed by atoms with Crippen molar-refractivity contribution in [2.75, 3.05) is 5.75 Å². The molecule has 2 aliphatic rings. The van der Waals surface area contributed by atoms with Gasteiger partial charge in [0.05, 0.1) is 33.4 Å². The third kappa shape index (κ3) is 3.52. The second-order valence-corrected chi connectivity index (χ2v) is 7.86. The standard InChI is InChI=1S/C18H15Cl2N3O2S/c19-11-4-1-3-9(17(11)20)15-10(7-21)18(26-8-14(22)25)23-12-5-2-6-13(24)16(12)15/h1,3-4,15-16H,2,5-6,8H2,(H2,22,25)/t15-,16-/m0/s1. The summed E-state index contributed by atoms with van der Waals surface area (Å²) in [5.74, 6) is -1.53. The highest BCUT2D eigenvalue weighted by atomic mass is 35.5. The average Bonchev–Trinajstić information content (AvgIpc) is 2.61. The molecule has 1 amide bonds. The number of nitrogens with zero attached hydrogens (tertiary/aromatic N) is 2. The van der Waals surface area contributed by atoms with Crippen molar-refractivity contribution in [3.8, 4) is 6.07 Å². The van der Waals surface area contributed by atoms with E-state index < -0.39 is 17.7 Å². The fraction of sp³-hybridized carbons (Fsp3) is 0.333. The number of hydrogen-bond donors (Lipinski definition) is 1. The van der Waals surface area contributed by atoms with E-state index in [4.69, 9.17) is 28.9 Å². The number of thioether (sulfide) groups is 1. The van der Waals surface area contributed by atoms with Crippen LogP contribution in [0.15, 0.2) is 33.8 Å². The molecule has 134 valence electrons. The number of fused-ring (bicyclic) bond motifs is 1. The number of carbonyl (C=O) groups excluding carboxylic acids is 2. The number of nitrogens with two attached hydrogens (primary N) is 1. The van der Waals surface area contributed by atoms with E-state index in [1.54, 1.807) is 18.2 Å². The van der Waals surface area contributed by atoms with Gasteiger partial charge < -0.3 is 5.73 Å². The zero-order valence-corrected chi connectivity index (χ0v) is 16.0. The molecular formula is C18H15Cl2N3O2S. The number of rotatable bonds is 4. The number of halogens is 2. The van der Waals surface area contributed by atoms with Crippen molar-refractivity contribution in [2.45, 2.75) is 25.2 Å². The van der Waals surface area contributed by atoms with Crippen LogP contribution in [0.1, 0.15) is 30.7 Å². The number of benzene rings is 1. The Morgan fingerprint density at radius 2 is 2.12 bits per heavy atom. The Morgan fingerprint density at radius 1 is 1.35 bits per heavy atom. The molecule has 1 heterocycles. The fourth-order valence-electron chi connectivity index (χ4n) is 3.40. The molecule has 1 aromatic carbocycles. The lowest BCUT2D eigenvalue weighted by atomic mass is 9.70. The fourth-order valence-corrected chi connectivity index (χ4v) is 4.61. The first kappa shape index (κ1) is 19.0. The monoisotopic (exact) mass is 407 g/mol. The Hall–Kier alpha value is -1.81. The lowest BCUT2D eigenvalue weighted by Gasteiger charge is -2.35. The summed E-state index contributed by atoms with van der Waals surface area (Å²) in [7, 11) is 0. The van der Waals surface area contributed by atoms with Gasteiger partial charge in [0.25, 0.3) is 0 Å². The first-order valence-electron chi connectivity index (χ1n) is 8.03. The van der Waals surface area contributed by atoms with Gasteiger partial charge in [-0.25, -0.2) is 4.99 Å². The van der Waals surface area contributed by atoms with Gasteiger partial charge in [-0.3, -0.25) is 9.59 Å². The van der Waals surface area contributed by atoms with Crippen LogP contribution in [0.25, 0.3) is 0 Å². The van der Waals surface area contributed by atoms with Gasteiger partial charge in [-0.15, -0.1) is 0 Å². The Kier molecular flexibility index (Phi) is 5.71. The summed E-state index contributed by atoms with van der Waals surface area (Å²) in [6.07, 6.45) is 1.84. The lowest BCUT2D eigenvalue weighted by Crippen LogP contribution is -2.37. The van der Waals surface area contributed by atoms with Gasteiger partial charge in [-0.05, 0) is 24.5 Å². The SMILES string of the molecule is N#CC1=C(SCC(N)=O)N=C2CCCC(=O)[C@H]2[C@H]1c1cccc(Cl)c1Cl. The molecule has 5 nitrogen and oxygen atoms in total. The Bertz CT molecular complexity index is 889. The van der Waals surface area contributed by atoms with E-state index in [-0.39, 0.29) is 11.5 Å². The van der Waals surface area contributed by atoms with Crippen molar-refractivity contribution in [1.82, 2.24) is 0 Å². The highest BCUT2D eigenvalue weighted by molar-refractivity contribution is 8.03. The number of Topliss-reactive ketones (excluding diaryl/α,β-unsaturated/α-hetero) is 1. The minimum atomic E-state index is -0.554. The van der Waals surface area contributed by atoms with Crippen molar-refractivity contribution in [2.24, 2.45) is 16.6 Å². The van der Waals surface area contributed by atoms with Crippen LogP contribution < -0.4 is 5.73 Å². The molecule has 26 heavy (non-hydrogen) atoms. The Labute approximate surface area is 165 Å². The van der Waals surface area contributed by atoms with Gasteiger partial charge in [0.1, 0.15) is 10.8 Å². The minimum absolute atomic E-state index is 0.00586.